The quantitative estimate of drug-likeness (QED) is 0.162. The molecule has 1 aliphatic rings. The van der Waals surface area contributed by atoms with E-state index in [4.69, 9.17) is 14.5 Å². The molecule has 1 fully saturated rings. The number of Topliss-reactive ketones (excluding diaryl/α,β-unsaturated/α-hetero) is 1. The van der Waals surface area contributed by atoms with Crippen molar-refractivity contribution in [1.82, 2.24) is 9.96 Å². The van der Waals surface area contributed by atoms with Gasteiger partial charge in [0, 0.05) is 39.4 Å². The van der Waals surface area contributed by atoms with E-state index in [1.165, 1.54) is 49.9 Å². The standard InChI is InChI=1S/C22H28N2O11/c1-14(26)24(33-18-8-10-23(11-9-18)22(30)32-13-31-15(2)27)20(12-25)21(29)17-4-6-19(7-5-17)35-34-16(3)28/h4-7,18,20,25H,8-13H2,1-3H3/t20-/m0/s1. The molecule has 1 aromatic rings. The fraction of sp³-hybridized carbons (Fsp3) is 0.500. The van der Waals surface area contributed by atoms with Crippen LogP contribution in [0.4, 0.5) is 4.79 Å². The van der Waals surface area contributed by atoms with Gasteiger partial charge in [-0.1, -0.05) is 0 Å². The normalized spacial score (nSPS) is 14.5. The summed E-state index contributed by atoms with van der Waals surface area (Å²) in [5.74, 6) is -2.21. The van der Waals surface area contributed by atoms with Crippen molar-refractivity contribution < 1.29 is 53.2 Å². The molecule has 0 spiro atoms. The number of esters is 1. The lowest BCUT2D eigenvalue weighted by molar-refractivity contribution is -0.222. The zero-order valence-corrected chi connectivity index (χ0v) is 19.6. The Bertz CT molecular complexity index is 910. The van der Waals surface area contributed by atoms with Gasteiger partial charge in [-0.15, -0.1) is 0 Å². The number of benzene rings is 1. The van der Waals surface area contributed by atoms with Crippen LogP contribution in [0.2, 0.25) is 0 Å². The van der Waals surface area contributed by atoms with Gasteiger partial charge in [0.25, 0.3) is 0 Å². The lowest BCUT2D eigenvalue weighted by atomic mass is 10.0. The molecule has 2 amide bonds. The third-order valence-corrected chi connectivity index (χ3v) is 4.87. The fourth-order valence-electron chi connectivity index (χ4n) is 3.16. The SMILES string of the molecule is CC(=O)OCOC(=O)N1CCC(ON(C(C)=O)[C@@H](CO)C(=O)c2ccc(OOC(C)=O)cc2)CC1. The molecule has 1 aliphatic heterocycles. The number of carbonyl (C=O) groups excluding carboxylic acids is 5. The van der Waals surface area contributed by atoms with Crippen molar-refractivity contribution in [3.05, 3.63) is 29.8 Å². The van der Waals surface area contributed by atoms with E-state index in [0.717, 1.165) is 5.06 Å². The minimum Gasteiger partial charge on any atom is -0.428 e. The number of amides is 2. The minimum atomic E-state index is -1.31. The van der Waals surface area contributed by atoms with Crippen LogP contribution in [0, 0.1) is 0 Å². The molecule has 0 aromatic heterocycles. The van der Waals surface area contributed by atoms with E-state index in [-0.39, 0.29) is 24.4 Å². The molecule has 0 radical (unpaired) electrons. The summed E-state index contributed by atoms with van der Waals surface area (Å²) in [5, 5.41) is 10.7. The Kier molecular flexibility index (Phi) is 10.4. The van der Waals surface area contributed by atoms with Crippen LogP contribution in [0.1, 0.15) is 44.0 Å². The highest BCUT2D eigenvalue weighted by Gasteiger charge is 2.33. The molecule has 1 aromatic carbocycles. The molecule has 0 bridgehead atoms. The summed E-state index contributed by atoms with van der Waals surface area (Å²) in [6.45, 7) is 2.88. The van der Waals surface area contributed by atoms with E-state index in [1.807, 2.05) is 0 Å². The maximum Gasteiger partial charge on any atom is 0.412 e. The number of aliphatic hydroxyl groups is 1. The van der Waals surface area contributed by atoms with Gasteiger partial charge in [-0.2, -0.15) is 0 Å². The number of hydroxylamine groups is 2. The lowest BCUT2D eigenvalue weighted by Crippen LogP contribution is -2.50. The molecule has 13 heteroatoms. The number of aliphatic hydroxyl groups excluding tert-OH is 1. The lowest BCUT2D eigenvalue weighted by Gasteiger charge is -2.35. The predicted molar refractivity (Wildman–Crippen MR) is 115 cm³/mol. The molecular formula is C22H28N2O11. The summed E-state index contributed by atoms with van der Waals surface area (Å²) in [7, 11) is 0. The predicted octanol–water partition coefficient (Wildman–Crippen LogP) is 0.989. The van der Waals surface area contributed by atoms with Gasteiger partial charge in [0.15, 0.2) is 11.5 Å². The van der Waals surface area contributed by atoms with Crippen LogP contribution in [0.3, 0.4) is 0 Å². The Morgan fingerprint density at radius 1 is 1.00 bits per heavy atom. The second-order valence-electron chi connectivity index (χ2n) is 7.55. The average Bonchev–Trinajstić information content (AvgIpc) is 2.82. The van der Waals surface area contributed by atoms with E-state index in [1.54, 1.807) is 0 Å². The Balaban J connectivity index is 1.96. The molecule has 2 rings (SSSR count). The van der Waals surface area contributed by atoms with Crippen molar-refractivity contribution in [3.8, 4) is 5.75 Å². The van der Waals surface area contributed by atoms with Crippen LogP contribution in [-0.4, -0.2) is 83.4 Å². The smallest absolute Gasteiger partial charge is 0.412 e. The highest BCUT2D eigenvalue weighted by molar-refractivity contribution is 6.01. The Morgan fingerprint density at radius 3 is 2.14 bits per heavy atom. The molecular weight excluding hydrogens is 468 g/mol. The number of hydrogen-bond donors (Lipinski definition) is 1. The van der Waals surface area contributed by atoms with E-state index in [9.17, 15) is 29.1 Å². The maximum absolute atomic E-state index is 13.0. The molecule has 1 saturated heterocycles. The third kappa shape index (κ3) is 8.54. The topological polar surface area (TPSA) is 158 Å². The summed E-state index contributed by atoms with van der Waals surface area (Å²) >= 11 is 0. The third-order valence-electron chi connectivity index (χ3n) is 4.87. The number of carbonyl (C=O) groups is 5. The first-order chi connectivity index (χ1) is 16.6. The number of piperidine rings is 1. The molecule has 0 unspecified atom stereocenters. The minimum absolute atomic E-state index is 0.166. The van der Waals surface area contributed by atoms with Gasteiger partial charge in [-0.05, 0) is 37.1 Å². The molecule has 1 N–H and O–H groups in total. The zero-order valence-electron chi connectivity index (χ0n) is 19.6. The van der Waals surface area contributed by atoms with Crippen LogP contribution in [-0.2, 0) is 33.6 Å². The van der Waals surface area contributed by atoms with Crippen molar-refractivity contribution in [2.75, 3.05) is 26.5 Å². The van der Waals surface area contributed by atoms with E-state index >= 15 is 0 Å². The maximum atomic E-state index is 13.0. The first-order valence-electron chi connectivity index (χ1n) is 10.7. The second kappa shape index (κ2) is 13.2. The van der Waals surface area contributed by atoms with E-state index in [2.05, 4.69) is 9.62 Å². The molecule has 0 saturated carbocycles. The number of ether oxygens (including phenoxy) is 2. The number of ketones is 1. The van der Waals surface area contributed by atoms with E-state index in [0.29, 0.717) is 12.8 Å². The van der Waals surface area contributed by atoms with Crippen LogP contribution >= 0.6 is 0 Å². The van der Waals surface area contributed by atoms with Gasteiger partial charge in [0.1, 0.15) is 6.04 Å². The summed E-state index contributed by atoms with van der Waals surface area (Å²) in [6, 6.07) is 4.25. The number of hydrogen-bond acceptors (Lipinski definition) is 11. The second-order valence-corrected chi connectivity index (χ2v) is 7.55. The van der Waals surface area contributed by atoms with Gasteiger partial charge in [0.2, 0.25) is 12.7 Å². The van der Waals surface area contributed by atoms with Crippen molar-refractivity contribution >= 4 is 29.7 Å². The Morgan fingerprint density at radius 2 is 1.63 bits per heavy atom. The summed E-state index contributed by atoms with van der Waals surface area (Å²) in [6.07, 6.45) is -0.488. The first-order valence-corrected chi connectivity index (χ1v) is 10.7. The fourth-order valence-corrected chi connectivity index (χ4v) is 3.16. The number of nitrogens with zero attached hydrogens (tertiary/aromatic N) is 2. The number of rotatable bonds is 10. The summed E-state index contributed by atoms with van der Waals surface area (Å²) in [5.41, 5.74) is 0.166. The Labute approximate surface area is 201 Å². The highest BCUT2D eigenvalue weighted by Crippen LogP contribution is 2.20. The van der Waals surface area contributed by atoms with Crippen molar-refractivity contribution in [2.24, 2.45) is 0 Å². The largest absolute Gasteiger partial charge is 0.428 e. The Hall–Kier alpha value is -3.71. The molecule has 13 nitrogen and oxygen atoms in total. The summed E-state index contributed by atoms with van der Waals surface area (Å²) < 4.78 is 9.42. The molecule has 35 heavy (non-hydrogen) atoms. The molecule has 192 valence electrons. The van der Waals surface area contributed by atoms with Crippen LogP contribution in [0.15, 0.2) is 24.3 Å². The first kappa shape index (κ1) is 27.5. The monoisotopic (exact) mass is 496 g/mol. The average molecular weight is 496 g/mol. The van der Waals surface area contributed by atoms with Crippen LogP contribution < -0.4 is 4.89 Å². The van der Waals surface area contributed by atoms with Gasteiger partial charge < -0.3 is 19.5 Å². The van der Waals surface area contributed by atoms with Crippen LogP contribution in [0.5, 0.6) is 5.75 Å². The molecule has 0 aliphatic carbocycles. The van der Waals surface area contributed by atoms with Gasteiger partial charge in [-0.25, -0.2) is 14.7 Å². The molecule has 1 heterocycles. The number of likely N-dealkylation sites (tertiary alicyclic amines) is 1. The zero-order chi connectivity index (χ0) is 26.0. The van der Waals surface area contributed by atoms with E-state index < -0.39 is 55.3 Å². The summed E-state index contributed by atoms with van der Waals surface area (Å²) in [4.78, 5) is 75.1. The van der Waals surface area contributed by atoms with Crippen LogP contribution in [0.25, 0.3) is 0 Å². The van der Waals surface area contributed by atoms with Gasteiger partial charge >= 0.3 is 18.0 Å². The van der Waals surface area contributed by atoms with Gasteiger partial charge in [-0.3, -0.25) is 29.0 Å². The van der Waals surface area contributed by atoms with Crippen molar-refractivity contribution in [3.63, 3.8) is 0 Å². The van der Waals surface area contributed by atoms with Gasteiger partial charge in [0.05, 0.1) is 12.7 Å². The molecule has 1 atom stereocenters. The van der Waals surface area contributed by atoms with Crippen molar-refractivity contribution in [2.45, 2.75) is 45.8 Å². The highest BCUT2D eigenvalue weighted by atomic mass is 17.2. The van der Waals surface area contributed by atoms with Crippen molar-refractivity contribution in [1.29, 1.82) is 0 Å².